The van der Waals surface area contributed by atoms with Crippen molar-refractivity contribution in [1.82, 2.24) is 4.98 Å². The molecular formula is C22H19F2N3O2S. The first-order chi connectivity index (χ1) is 14.4. The SMILES string of the molecule is CCC(=O)N1c2ccc(-c3csc(NC(=O)c4ccc(F)c(F)c4)n3)cc2CC1C. The Hall–Kier alpha value is -3.13. The lowest BCUT2D eigenvalue weighted by molar-refractivity contribution is -0.118. The van der Waals surface area contributed by atoms with Crippen LogP contribution in [0, 0.1) is 11.6 Å². The van der Waals surface area contributed by atoms with Gasteiger partial charge in [-0.15, -0.1) is 11.3 Å². The van der Waals surface area contributed by atoms with Gasteiger partial charge >= 0.3 is 0 Å². The number of amides is 2. The maximum atomic E-state index is 13.3. The minimum Gasteiger partial charge on any atom is -0.309 e. The summed E-state index contributed by atoms with van der Waals surface area (Å²) in [5.74, 6) is -2.55. The van der Waals surface area contributed by atoms with Crippen molar-refractivity contribution in [2.45, 2.75) is 32.7 Å². The highest BCUT2D eigenvalue weighted by atomic mass is 32.1. The van der Waals surface area contributed by atoms with Crippen molar-refractivity contribution < 1.29 is 18.4 Å². The highest BCUT2D eigenvalue weighted by molar-refractivity contribution is 7.14. The lowest BCUT2D eigenvalue weighted by Crippen LogP contribution is -2.35. The molecule has 1 unspecified atom stereocenters. The third-order valence-corrected chi connectivity index (χ3v) is 5.83. The molecule has 154 valence electrons. The van der Waals surface area contributed by atoms with E-state index in [0.717, 1.165) is 35.4 Å². The first-order valence-electron chi connectivity index (χ1n) is 9.54. The van der Waals surface area contributed by atoms with Crippen LogP contribution < -0.4 is 10.2 Å². The zero-order valence-corrected chi connectivity index (χ0v) is 17.2. The Balaban J connectivity index is 1.53. The van der Waals surface area contributed by atoms with E-state index in [2.05, 4.69) is 10.3 Å². The molecule has 2 amide bonds. The topological polar surface area (TPSA) is 62.3 Å². The van der Waals surface area contributed by atoms with Crippen molar-refractivity contribution in [3.8, 4) is 11.3 Å². The summed E-state index contributed by atoms with van der Waals surface area (Å²) in [6, 6.07) is 8.95. The molecule has 1 atom stereocenters. The van der Waals surface area contributed by atoms with E-state index >= 15 is 0 Å². The molecule has 2 aromatic carbocycles. The highest BCUT2D eigenvalue weighted by Gasteiger charge is 2.30. The van der Waals surface area contributed by atoms with E-state index in [-0.39, 0.29) is 17.5 Å². The van der Waals surface area contributed by atoms with Gasteiger partial charge in [-0.3, -0.25) is 14.9 Å². The molecule has 5 nitrogen and oxygen atoms in total. The van der Waals surface area contributed by atoms with Crippen molar-refractivity contribution in [2.24, 2.45) is 0 Å². The Morgan fingerprint density at radius 1 is 1.20 bits per heavy atom. The number of fused-ring (bicyclic) bond motifs is 1. The number of benzene rings is 2. The van der Waals surface area contributed by atoms with Crippen LogP contribution in [-0.2, 0) is 11.2 Å². The molecule has 1 N–H and O–H groups in total. The van der Waals surface area contributed by atoms with Crippen molar-refractivity contribution in [3.05, 3.63) is 64.5 Å². The monoisotopic (exact) mass is 427 g/mol. The minimum absolute atomic E-state index is 0.0119. The summed E-state index contributed by atoms with van der Waals surface area (Å²) in [6.45, 7) is 3.88. The van der Waals surface area contributed by atoms with Gasteiger partial charge in [0.2, 0.25) is 5.91 Å². The average Bonchev–Trinajstić information content (AvgIpc) is 3.32. The van der Waals surface area contributed by atoms with Crippen LogP contribution in [-0.4, -0.2) is 22.8 Å². The molecule has 4 rings (SSSR count). The standard InChI is InChI=1S/C22H19F2N3O2S/c1-3-20(28)27-12(2)8-15-9-13(5-7-19(15)27)18-11-30-22(25-18)26-21(29)14-4-6-16(23)17(24)10-14/h4-7,9-12H,3,8H2,1-2H3,(H,25,26,29). The second-order valence-corrected chi connectivity index (χ2v) is 7.99. The summed E-state index contributed by atoms with van der Waals surface area (Å²) in [6.07, 6.45) is 1.23. The third kappa shape index (κ3) is 3.70. The van der Waals surface area contributed by atoms with Crippen molar-refractivity contribution >= 4 is 34.0 Å². The van der Waals surface area contributed by atoms with E-state index in [9.17, 15) is 18.4 Å². The Bertz CT molecular complexity index is 1150. The Morgan fingerprint density at radius 2 is 2.00 bits per heavy atom. The molecule has 2 heterocycles. The number of hydrogen-bond donors (Lipinski definition) is 1. The number of nitrogens with zero attached hydrogens (tertiary/aromatic N) is 2. The van der Waals surface area contributed by atoms with Gasteiger partial charge in [0.05, 0.1) is 5.69 Å². The molecule has 0 bridgehead atoms. The number of halogens is 2. The predicted molar refractivity (Wildman–Crippen MR) is 113 cm³/mol. The van der Waals surface area contributed by atoms with E-state index in [1.54, 1.807) is 0 Å². The van der Waals surface area contributed by atoms with Crippen LogP contribution in [0.1, 0.15) is 36.2 Å². The van der Waals surface area contributed by atoms with Gasteiger partial charge in [0.15, 0.2) is 16.8 Å². The maximum absolute atomic E-state index is 13.3. The highest BCUT2D eigenvalue weighted by Crippen LogP contribution is 2.36. The summed E-state index contributed by atoms with van der Waals surface area (Å²) in [4.78, 5) is 30.8. The number of hydrogen-bond acceptors (Lipinski definition) is 4. The van der Waals surface area contributed by atoms with E-state index in [0.29, 0.717) is 17.2 Å². The summed E-state index contributed by atoms with van der Waals surface area (Å²) < 4.78 is 26.4. The van der Waals surface area contributed by atoms with Crippen LogP contribution in [0.5, 0.6) is 0 Å². The molecule has 1 aliphatic rings. The van der Waals surface area contributed by atoms with Gasteiger partial charge in [-0.05, 0) is 49.2 Å². The zero-order valence-electron chi connectivity index (χ0n) is 16.4. The van der Waals surface area contributed by atoms with Gasteiger partial charge < -0.3 is 4.90 Å². The number of aromatic nitrogens is 1. The fourth-order valence-corrected chi connectivity index (χ4v) is 4.33. The molecule has 0 spiro atoms. The number of nitrogens with one attached hydrogen (secondary N) is 1. The fraction of sp³-hybridized carbons (Fsp3) is 0.227. The quantitative estimate of drug-likeness (QED) is 0.635. The van der Waals surface area contributed by atoms with Crippen LogP contribution in [0.25, 0.3) is 11.3 Å². The van der Waals surface area contributed by atoms with Gasteiger partial charge in [0.25, 0.3) is 5.91 Å². The molecule has 1 aromatic heterocycles. The Morgan fingerprint density at radius 3 is 2.73 bits per heavy atom. The van der Waals surface area contributed by atoms with Crippen LogP contribution in [0.3, 0.4) is 0 Å². The Kier molecular flexibility index (Phi) is 5.34. The molecule has 0 aliphatic carbocycles. The number of anilines is 2. The normalized spacial score (nSPS) is 15.2. The van der Waals surface area contributed by atoms with Crippen molar-refractivity contribution in [2.75, 3.05) is 10.2 Å². The lowest BCUT2D eigenvalue weighted by Gasteiger charge is -2.22. The lowest BCUT2D eigenvalue weighted by atomic mass is 10.1. The van der Waals surface area contributed by atoms with Gasteiger partial charge in [-0.25, -0.2) is 13.8 Å². The summed E-state index contributed by atoms with van der Waals surface area (Å²) in [5, 5.41) is 4.78. The largest absolute Gasteiger partial charge is 0.309 e. The van der Waals surface area contributed by atoms with E-state index in [1.807, 2.05) is 42.3 Å². The zero-order chi connectivity index (χ0) is 21.4. The molecule has 3 aromatic rings. The first-order valence-corrected chi connectivity index (χ1v) is 10.4. The molecule has 30 heavy (non-hydrogen) atoms. The molecule has 0 fully saturated rings. The fourth-order valence-electron chi connectivity index (χ4n) is 3.61. The van der Waals surface area contributed by atoms with Crippen LogP contribution in [0.15, 0.2) is 41.8 Å². The summed E-state index contributed by atoms with van der Waals surface area (Å²) in [7, 11) is 0. The molecule has 0 saturated carbocycles. The summed E-state index contributed by atoms with van der Waals surface area (Å²) in [5.41, 5.74) is 3.60. The molecular weight excluding hydrogens is 408 g/mol. The molecule has 0 saturated heterocycles. The smallest absolute Gasteiger partial charge is 0.257 e. The average molecular weight is 427 g/mol. The van der Waals surface area contributed by atoms with Crippen LogP contribution >= 0.6 is 11.3 Å². The minimum atomic E-state index is -1.08. The van der Waals surface area contributed by atoms with Gasteiger partial charge in [0.1, 0.15) is 0 Å². The van der Waals surface area contributed by atoms with Gasteiger partial charge in [-0.2, -0.15) is 0 Å². The third-order valence-electron chi connectivity index (χ3n) is 5.07. The van der Waals surface area contributed by atoms with Crippen LogP contribution in [0.4, 0.5) is 19.6 Å². The molecule has 0 radical (unpaired) electrons. The van der Waals surface area contributed by atoms with Gasteiger partial charge in [0, 0.05) is 34.7 Å². The number of carbonyl (C=O) groups excluding carboxylic acids is 2. The second kappa shape index (κ2) is 7.95. The number of thiazole rings is 1. The first kappa shape index (κ1) is 20.2. The molecule has 8 heteroatoms. The van der Waals surface area contributed by atoms with Gasteiger partial charge in [-0.1, -0.05) is 13.0 Å². The summed E-state index contributed by atoms with van der Waals surface area (Å²) >= 11 is 1.24. The second-order valence-electron chi connectivity index (χ2n) is 7.13. The maximum Gasteiger partial charge on any atom is 0.257 e. The number of rotatable bonds is 4. The van der Waals surface area contributed by atoms with Crippen molar-refractivity contribution in [3.63, 3.8) is 0 Å². The van der Waals surface area contributed by atoms with E-state index in [4.69, 9.17) is 0 Å². The van der Waals surface area contributed by atoms with Crippen LogP contribution in [0.2, 0.25) is 0 Å². The van der Waals surface area contributed by atoms with E-state index < -0.39 is 17.5 Å². The predicted octanol–water partition coefficient (Wildman–Crippen LogP) is 5.03. The van der Waals surface area contributed by atoms with Crippen molar-refractivity contribution in [1.29, 1.82) is 0 Å². The molecule has 1 aliphatic heterocycles. The Labute approximate surface area is 176 Å². The van der Waals surface area contributed by atoms with E-state index in [1.165, 1.54) is 17.4 Å². The number of carbonyl (C=O) groups is 2.